The lowest BCUT2D eigenvalue weighted by atomic mass is 10.2. The van der Waals surface area contributed by atoms with Crippen molar-refractivity contribution in [3.63, 3.8) is 0 Å². The van der Waals surface area contributed by atoms with E-state index < -0.39 is 15.7 Å². The largest absolute Gasteiger partial charge is 0.224 e. The summed E-state index contributed by atoms with van der Waals surface area (Å²) in [5, 5.41) is 8.50. The molecule has 0 saturated carbocycles. The molecule has 16 heavy (non-hydrogen) atoms. The van der Waals surface area contributed by atoms with Crippen molar-refractivity contribution in [3.05, 3.63) is 23.5 Å². The maximum Gasteiger partial charge on any atom is 0.176 e. The van der Waals surface area contributed by atoms with E-state index in [9.17, 15) is 12.8 Å². The summed E-state index contributed by atoms with van der Waals surface area (Å²) in [6, 6.07) is 4.41. The Balaban J connectivity index is 3.51. The van der Waals surface area contributed by atoms with Crippen LogP contribution >= 0.6 is 11.8 Å². The number of nitrogens with zero attached hydrogens (tertiary/aromatic N) is 1. The van der Waals surface area contributed by atoms with Gasteiger partial charge in [-0.2, -0.15) is 5.26 Å². The smallest absolute Gasteiger partial charge is 0.176 e. The van der Waals surface area contributed by atoms with E-state index in [1.807, 2.05) is 6.07 Å². The molecule has 0 spiro atoms. The average molecular weight is 259 g/mol. The predicted octanol–water partition coefficient (Wildman–Crippen LogP) is 2.02. The number of hydrogen-bond acceptors (Lipinski definition) is 4. The van der Waals surface area contributed by atoms with Crippen LogP contribution in [0.4, 0.5) is 4.39 Å². The van der Waals surface area contributed by atoms with Gasteiger partial charge in [0.2, 0.25) is 0 Å². The van der Waals surface area contributed by atoms with E-state index in [0.29, 0.717) is 5.56 Å². The third kappa shape index (κ3) is 2.74. The minimum atomic E-state index is -3.48. The molecule has 3 nitrogen and oxygen atoms in total. The number of halogens is 1. The van der Waals surface area contributed by atoms with Crippen LogP contribution in [0, 0.1) is 17.1 Å². The molecule has 0 unspecified atom stereocenters. The van der Waals surface area contributed by atoms with Crippen LogP contribution in [-0.2, 0) is 16.3 Å². The lowest BCUT2D eigenvalue weighted by molar-refractivity contribution is 0.576. The van der Waals surface area contributed by atoms with E-state index in [1.54, 1.807) is 6.26 Å². The van der Waals surface area contributed by atoms with Crippen LogP contribution in [0.2, 0.25) is 0 Å². The first-order chi connectivity index (χ1) is 7.40. The minimum absolute atomic E-state index is 0.00585. The highest BCUT2D eigenvalue weighted by Gasteiger charge is 2.18. The quantitative estimate of drug-likeness (QED) is 0.779. The van der Waals surface area contributed by atoms with Crippen molar-refractivity contribution in [1.29, 1.82) is 5.26 Å². The molecule has 0 saturated heterocycles. The molecule has 0 aliphatic rings. The van der Waals surface area contributed by atoms with Gasteiger partial charge in [0.15, 0.2) is 9.84 Å². The van der Waals surface area contributed by atoms with Crippen molar-refractivity contribution in [1.82, 2.24) is 0 Å². The zero-order valence-electron chi connectivity index (χ0n) is 8.82. The van der Waals surface area contributed by atoms with Crippen LogP contribution < -0.4 is 0 Å². The predicted molar refractivity (Wildman–Crippen MR) is 60.6 cm³/mol. The first kappa shape index (κ1) is 13.0. The molecule has 0 bridgehead atoms. The molecule has 1 rings (SSSR count). The molecular formula is C10H10FNO2S2. The molecule has 0 radical (unpaired) electrons. The van der Waals surface area contributed by atoms with E-state index in [0.717, 1.165) is 18.0 Å². The number of nitriles is 1. The Morgan fingerprint density at radius 3 is 2.56 bits per heavy atom. The summed E-state index contributed by atoms with van der Waals surface area (Å²) < 4.78 is 36.5. The van der Waals surface area contributed by atoms with Crippen LogP contribution in [0.15, 0.2) is 21.9 Å². The van der Waals surface area contributed by atoms with E-state index in [2.05, 4.69) is 0 Å². The summed E-state index contributed by atoms with van der Waals surface area (Å²) in [4.78, 5) is 0.0504. The molecular weight excluding hydrogens is 249 g/mol. The highest BCUT2D eigenvalue weighted by molar-refractivity contribution is 7.99. The molecule has 0 aromatic heterocycles. The van der Waals surface area contributed by atoms with Gasteiger partial charge in [-0.25, -0.2) is 12.8 Å². The van der Waals surface area contributed by atoms with Crippen molar-refractivity contribution in [2.75, 3.05) is 12.5 Å². The van der Waals surface area contributed by atoms with Gasteiger partial charge in [0, 0.05) is 6.26 Å². The molecule has 0 aliphatic carbocycles. The van der Waals surface area contributed by atoms with Crippen molar-refractivity contribution in [2.24, 2.45) is 0 Å². The molecule has 6 heteroatoms. The normalized spacial score (nSPS) is 11.1. The van der Waals surface area contributed by atoms with Crippen LogP contribution in [0.1, 0.15) is 5.56 Å². The van der Waals surface area contributed by atoms with Gasteiger partial charge < -0.3 is 0 Å². The molecule has 0 aliphatic heterocycles. The van der Waals surface area contributed by atoms with Gasteiger partial charge in [0.05, 0.1) is 22.3 Å². The number of benzene rings is 1. The number of thioether (sulfide) groups is 1. The molecule has 0 heterocycles. The monoisotopic (exact) mass is 259 g/mol. The molecule has 0 atom stereocenters. The van der Waals surface area contributed by atoms with E-state index in [1.165, 1.54) is 12.1 Å². The van der Waals surface area contributed by atoms with Crippen LogP contribution in [0.25, 0.3) is 0 Å². The minimum Gasteiger partial charge on any atom is -0.224 e. The molecule has 1 aromatic rings. The standard InChI is InChI=1S/C10H10FNO2S2/c1-15-10-8(11)5-7(3-4-12)6-9(10)16(2,13)14/h5-6H,3H2,1-2H3. The summed E-state index contributed by atoms with van der Waals surface area (Å²) in [7, 11) is -3.48. The molecule has 86 valence electrons. The molecule has 0 fully saturated rings. The van der Waals surface area contributed by atoms with Gasteiger partial charge >= 0.3 is 0 Å². The second kappa shape index (κ2) is 4.85. The van der Waals surface area contributed by atoms with Gasteiger partial charge in [-0.05, 0) is 24.0 Å². The first-order valence-corrected chi connectivity index (χ1v) is 7.45. The summed E-state index contributed by atoms with van der Waals surface area (Å²) in [6.07, 6.45) is 2.63. The van der Waals surface area contributed by atoms with Crippen molar-refractivity contribution < 1.29 is 12.8 Å². The van der Waals surface area contributed by atoms with Gasteiger partial charge in [-0.3, -0.25) is 0 Å². The van der Waals surface area contributed by atoms with Crippen LogP contribution in [0.5, 0.6) is 0 Å². The highest BCUT2D eigenvalue weighted by Crippen LogP contribution is 2.29. The van der Waals surface area contributed by atoms with Gasteiger partial charge in [-0.1, -0.05) is 0 Å². The first-order valence-electron chi connectivity index (χ1n) is 4.33. The molecule has 0 N–H and O–H groups in total. The summed E-state index contributed by atoms with van der Waals surface area (Å²) in [5.41, 5.74) is 0.373. The summed E-state index contributed by atoms with van der Waals surface area (Å²) in [6.45, 7) is 0. The van der Waals surface area contributed by atoms with Crippen LogP contribution in [0.3, 0.4) is 0 Å². The lowest BCUT2D eigenvalue weighted by Crippen LogP contribution is -2.03. The topological polar surface area (TPSA) is 57.9 Å². The van der Waals surface area contributed by atoms with Crippen molar-refractivity contribution in [2.45, 2.75) is 16.2 Å². The zero-order chi connectivity index (χ0) is 12.3. The zero-order valence-corrected chi connectivity index (χ0v) is 10.5. The highest BCUT2D eigenvalue weighted by atomic mass is 32.2. The third-order valence-electron chi connectivity index (χ3n) is 1.96. The molecule has 0 amide bonds. The van der Waals surface area contributed by atoms with E-state index in [4.69, 9.17) is 5.26 Å². The Labute approximate surface area is 98.2 Å². The average Bonchev–Trinajstić information content (AvgIpc) is 2.16. The second-order valence-corrected chi connectivity index (χ2v) is 6.02. The summed E-state index contributed by atoms with van der Waals surface area (Å²) >= 11 is 1.04. The fourth-order valence-electron chi connectivity index (χ4n) is 1.29. The number of rotatable bonds is 3. The Kier molecular flexibility index (Phi) is 3.94. The Bertz CT molecular complexity index is 547. The van der Waals surface area contributed by atoms with Crippen molar-refractivity contribution in [3.8, 4) is 6.07 Å². The SMILES string of the molecule is CSc1c(F)cc(CC#N)cc1S(C)(=O)=O. The maximum atomic E-state index is 13.6. The summed E-state index contributed by atoms with van der Waals surface area (Å²) in [5.74, 6) is -0.597. The fraction of sp³-hybridized carbons (Fsp3) is 0.300. The second-order valence-electron chi connectivity index (χ2n) is 3.22. The van der Waals surface area contributed by atoms with Crippen LogP contribution in [-0.4, -0.2) is 20.9 Å². The fourth-order valence-corrected chi connectivity index (χ4v) is 3.31. The number of hydrogen-bond donors (Lipinski definition) is 0. The third-order valence-corrected chi connectivity index (χ3v) is 4.03. The van der Waals surface area contributed by atoms with Gasteiger partial charge in [-0.15, -0.1) is 11.8 Å². The maximum absolute atomic E-state index is 13.6. The Morgan fingerprint density at radius 1 is 1.50 bits per heavy atom. The van der Waals surface area contributed by atoms with Crippen molar-refractivity contribution >= 4 is 21.6 Å². The lowest BCUT2D eigenvalue weighted by Gasteiger charge is -2.08. The van der Waals surface area contributed by atoms with E-state index >= 15 is 0 Å². The Morgan fingerprint density at radius 2 is 2.12 bits per heavy atom. The molecule has 1 aromatic carbocycles. The Hall–Kier alpha value is -1.06. The van der Waals surface area contributed by atoms with Gasteiger partial charge in [0.25, 0.3) is 0 Å². The van der Waals surface area contributed by atoms with E-state index in [-0.39, 0.29) is 16.2 Å². The number of sulfone groups is 1. The van der Waals surface area contributed by atoms with Gasteiger partial charge in [0.1, 0.15) is 5.82 Å².